The van der Waals surface area contributed by atoms with Gasteiger partial charge in [0.25, 0.3) is 0 Å². The molecule has 0 radical (unpaired) electrons. The number of hydrogen-bond acceptors (Lipinski definition) is 6. The standard InChI is InChI=1S/C22H27N5O2/c1-13(2)26-18-6-4-15(5-7-18)22(28)27-21-9-16-8-19(20-12-23-14(3)29-20)24-10-17(16)11-25-21/h8-13,15,18,26H,4-7H2,1-3H3,(H,25,27,28)/t15-,18-/i1D3,2D3. The fourth-order valence-corrected chi connectivity index (χ4v) is 3.71. The van der Waals surface area contributed by atoms with Gasteiger partial charge in [-0.25, -0.2) is 9.97 Å². The van der Waals surface area contributed by atoms with Gasteiger partial charge in [-0.05, 0) is 43.2 Å². The van der Waals surface area contributed by atoms with Crippen molar-refractivity contribution in [2.24, 2.45) is 5.92 Å². The average Bonchev–Trinajstić information content (AvgIpc) is 3.22. The third-order valence-corrected chi connectivity index (χ3v) is 5.23. The molecule has 1 fully saturated rings. The fraction of sp³-hybridized carbons (Fsp3) is 0.455. The van der Waals surface area contributed by atoms with Crippen LogP contribution in [-0.4, -0.2) is 32.9 Å². The van der Waals surface area contributed by atoms with E-state index in [4.69, 9.17) is 12.6 Å². The van der Waals surface area contributed by atoms with Gasteiger partial charge >= 0.3 is 0 Å². The lowest BCUT2D eigenvalue weighted by molar-refractivity contribution is -0.120. The molecular weight excluding hydrogens is 366 g/mol. The molecule has 1 aliphatic carbocycles. The first kappa shape index (κ1) is 13.4. The molecule has 3 aromatic heterocycles. The Morgan fingerprint density at radius 1 is 1.10 bits per heavy atom. The molecule has 1 saturated carbocycles. The number of hydrogen-bond donors (Lipinski definition) is 2. The maximum Gasteiger partial charge on any atom is 0.228 e. The Morgan fingerprint density at radius 3 is 2.62 bits per heavy atom. The summed E-state index contributed by atoms with van der Waals surface area (Å²) in [5.74, 6) is 1.07. The molecule has 7 heteroatoms. The van der Waals surface area contributed by atoms with Crippen LogP contribution in [0, 0.1) is 12.8 Å². The summed E-state index contributed by atoms with van der Waals surface area (Å²) < 4.78 is 50.8. The van der Waals surface area contributed by atoms with Crippen molar-refractivity contribution in [2.45, 2.75) is 58.4 Å². The highest BCUT2D eigenvalue weighted by Gasteiger charge is 2.26. The van der Waals surface area contributed by atoms with Crippen LogP contribution in [0.3, 0.4) is 0 Å². The van der Waals surface area contributed by atoms with Gasteiger partial charge in [0.2, 0.25) is 5.91 Å². The quantitative estimate of drug-likeness (QED) is 0.671. The smallest absolute Gasteiger partial charge is 0.228 e. The van der Waals surface area contributed by atoms with E-state index in [1.54, 1.807) is 31.6 Å². The van der Waals surface area contributed by atoms with E-state index < -0.39 is 19.7 Å². The first-order valence-electron chi connectivity index (χ1n) is 12.7. The number of anilines is 1. The highest BCUT2D eigenvalue weighted by molar-refractivity contribution is 5.94. The minimum absolute atomic E-state index is 0.168. The van der Waals surface area contributed by atoms with Gasteiger partial charge in [0.15, 0.2) is 11.7 Å². The summed E-state index contributed by atoms with van der Waals surface area (Å²) in [6.07, 6.45) is 6.99. The monoisotopic (exact) mass is 399 g/mol. The molecule has 1 aliphatic rings. The predicted molar refractivity (Wildman–Crippen MR) is 112 cm³/mol. The molecule has 152 valence electrons. The Bertz CT molecular complexity index is 1190. The van der Waals surface area contributed by atoms with Crippen molar-refractivity contribution in [3.8, 4) is 11.5 Å². The summed E-state index contributed by atoms with van der Waals surface area (Å²) in [4.78, 5) is 25.6. The molecule has 0 aromatic carbocycles. The van der Waals surface area contributed by atoms with Gasteiger partial charge < -0.3 is 15.1 Å². The Labute approximate surface area is 178 Å². The summed E-state index contributed by atoms with van der Waals surface area (Å²) in [5.41, 5.74) is 0.625. The zero-order chi connectivity index (χ0) is 25.4. The summed E-state index contributed by atoms with van der Waals surface area (Å²) in [6.45, 7) is -3.52. The molecule has 0 unspecified atom stereocenters. The largest absolute Gasteiger partial charge is 0.439 e. The van der Waals surface area contributed by atoms with E-state index in [9.17, 15) is 4.79 Å². The number of aromatic nitrogens is 3. The van der Waals surface area contributed by atoms with Crippen LogP contribution < -0.4 is 10.6 Å². The SMILES string of the molecule is [2H]C([2H])([2H])C(N[C@H]1CC[C@H](C(=O)Nc2cc3cc(-c4cnc(C)o4)ncc3cn2)CC1)C([2H])([2H])[2H]. The number of aryl methyl sites for hydroxylation is 1. The average molecular weight is 400 g/mol. The van der Waals surface area contributed by atoms with Crippen LogP contribution in [0.25, 0.3) is 22.2 Å². The minimum Gasteiger partial charge on any atom is -0.439 e. The highest BCUT2D eigenvalue weighted by Crippen LogP contribution is 2.27. The Hall–Kier alpha value is -2.80. The number of carbonyl (C=O) groups excluding carboxylic acids is 1. The van der Waals surface area contributed by atoms with E-state index >= 15 is 0 Å². The number of rotatable bonds is 5. The third kappa shape index (κ3) is 4.62. The van der Waals surface area contributed by atoms with Crippen molar-refractivity contribution < 1.29 is 17.4 Å². The van der Waals surface area contributed by atoms with E-state index in [0.717, 1.165) is 10.8 Å². The normalized spacial score (nSPS) is 23.5. The van der Waals surface area contributed by atoms with Crippen LogP contribution >= 0.6 is 0 Å². The Balaban J connectivity index is 1.38. The highest BCUT2D eigenvalue weighted by atomic mass is 16.4. The second kappa shape index (κ2) is 8.29. The van der Waals surface area contributed by atoms with E-state index in [2.05, 4.69) is 25.6 Å². The van der Waals surface area contributed by atoms with Crippen LogP contribution in [0.15, 0.2) is 35.1 Å². The summed E-state index contributed by atoms with van der Waals surface area (Å²) in [7, 11) is 0. The molecule has 2 N–H and O–H groups in total. The third-order valence-electron chi connectivity index (χ3n) is 5.23. The zero-order valence-electron chi connectivity index (χ0n) is 22.1. The lowest BCUT2D eigenvalue weighted by Crippen LogP contribution is -2.39. The van der Waals surface area contributed by atoms with Gasteiger partial charge in [0.05, 0.1) is 6.20 Å². The summed E-state index contributed by atoms with van der Waals surface area (Å²) in [5, 5.41) is 7.31. The Morgan fingerprint density at radius 2 is 1.90 bits per heavy atom. The molecule has 3 heterocycles. The second-order valence-corrected chi connectivity index (χ2v) is 7.37. The first-order chi connectivity index (χ1) is 16.4. The molecule has 3 aromatic rings. The van der Waals surface area contributed by atoms with Crippen molar-refractivity contribution in [3.05, 3.63) is 36.6 Å². The van der Waals surface area contributed by atoms with Crippen LogP contribution in [0.2, 0.25) is 0 Å². The molecular formula is C22H27N5O2. The van der Waals surface area contributed by atoms with Crippen molar-refractivity contribution in [1.29, 1.82) is 0 Å². The molecule has 0 aliphatic heterocycles. The van der Waals surface area contributed by atoms with Crippen LogP contribution in [0.5, 0.6) is 0 Å². The van der Waals surface area contributed by atoms with Crippen LogP contribution in [0.1, 0.15) is 53.5 Å². The molecule has 29 heavy (non-hydrogen) atoms. The molecule has 0 atom stereocenters. The van der Waals surface area contributed by atoms with Crippen molar-refractivity contribution in [3.63, 3.8) is 0 Å². The van der Waals surface area contributed by atoms with Gasteiger partial charge in [-0.1, -0.05) is 13.7 Å². The van der Waals surface area contributed by atoms with Crippen molar-refractivity contribution in [2.75, 3.05) is 5.32 Å². The number of nitrogens with zero attached hydrogens (tertiary/aromatic N) is 3. The number of fused-ring (bicyclic) bond motifs is 1. The van der Waals surface area contributed by atoms with E-state index in [0.29, 0.717) is 48.8 Å². The fourth-order valence-electron chi connectivity index (χ4n) is 3.71. The van der Waals surface area contributed by atoms with E-state index in [1.165, 1.54) is 0 Å². The summed E-state index contributed by atoms with van der Waals surface area (Å²) >= 11 is 0. The number of oxazole rings is 1. The lowest BCUT2D eigenvalue weighted by atomic mass is 9.85. The number of carbonyl (C=O) groups is 1. The zero-order valence-corrected chi connectivity index (χ0v) is 16.1. The van der Waals surface area contributed by atoms with Gasteiger partial charge in [0.1, 0.15) is 11.5 Å². The van der Waals surface area contributed by atoms with Gasteiger partial charge in [-0.2, -0.15) is 0 Å². The molecule has 0 saturated heterocycles. The number of amides is 1. The van der Waals surface area contributed by atoms with Crippen molar-refractivity contribution >= 4 is 22.5 Å². The van der Waals surface area contributed by atoms with Crippen LogP contribution in [-0.2, 0) is 4.79 Å². The minimum atomic E-state index is -2.64. The van der Waals surface area contributed by atoms with E-state index in [-0.39, 0.29) is 17.9 Å². The number of pyridine rings is 2. The molecule has 4 rings (SSSR count). The van der Waals surface area contributed by atoms with Crippen molar-refractivity contribution in [1.82, 2.24) is 20.3 Å². The maximum atomic E-state index is 12.9. The predicted octanol–water partition coefficient (Wildman–Crippen LogP) is 4.09. The van der Waals surface area contributed by atoms with E-state index in [1.807, 2.05) is 6.07 Å². The topological polar surface area (TPSA) is 92.9 Å². The van der Waals surface area contributed by atoms with Gasteiger partial charge in [-0.15, -0.1) is 0 Å². The lowest BCUT2D eigenvalue weighted by Gasteiger charge is -2.29. The summed E-state index contributed by atoms with van der Waals surface area (Å²) in [6, 6.07) is 1.75. The molecule has 7 nitrogen and oxygen atoms in total. The molecule has 0 spiro atoms. The van der Waals surface area contributed by atoms with Crippen LogP contribution in [0.4, 0.5) is 5.82 Å². The second-order valence-electron chi connectivity index (χ2n) is 7.37. The maximum absolute atomic E-state index is 12.9. The number of nitrogens with one attached hydrogen (secondary N) is 2. The molecule has 0 bridgehead atoms. The first-order valence-corrected chi connectivity index (χ1v) is 9.65. The Kier molecular flexibility index (Phi) is 3.84. The van der Waals surface area contributed by atoms with Gasteiger partial charge in [-0.3, -0.25) is 9.78 Å². The van der Waals surface area contributed by atoms with Gasteiger partial charge in [0, 0.05) is 50.9 Å². The molecule has 1 amide bonds.